The van der Waals surface area contributed by atoms with E-state index >= 15 is 0 Å². The number of β-amino-alcohol motifs (C(OH)–C–C–N with tert-alkyl or cyclic N) is 1. The summed E-state index contributed by atoms with van der Waals surface area (Å²) in [6, 6.07) is 16.6. The summed E-state index contributed by atoms with van der Waals surface area (Å²) in [5.41, 5.74) is 6.18. The van der Waals surface area contributed by atoms with Crippen molar-refractivity contribution in [3.05, 3.63) is 93.8 Å². The lowest BCUT2D eigenvalue weighted by Gasteiger charge is -2.28. The van der Waals surface area contributed by atoms with Crippen LogP contribution in [0.15, 0.2) is 54.6 Å². The Hall–Kier alpha value is -3.06. The molecule has 0 amide bonds. The number of hydrogen-bond donors (Lipinski definition) is 3. The van der Waals surface area contributed by atoms with Crippen molar-refractivity contribution in [2.45, 2.75) is 65.7 Å². The maximum absolute atomic E-state index is 13.9. The van der Waals surface area contributed by atoms with Gasteiger partial charge in [0.2, 0.25) is 0 Å². The molecular weight excluding hydrogens is 469 g/mol. The number of aryl methyl sites for hydroxylation is 3. The average Bonchev–Trinajstić information content (AvgIpc) is 2.83. The molecule has 0 aliphatic rings. The second kappa shape index (κ2) is 12.0. The van der Waals surface area contributed by atoms with Gasteiger partial charge >= 0.3 is 5.97 Å². The van der Waals surface area contributed by atoms with Crippen molar-refractivity contribution in [2.75, 3.05) is 13.2 Å². The Labute approximate surface area is 219 Å². The van der Waals surface area contributed by atoms with E-state index < -0.39 is 12.1 Å². The second-order valence-corrected chi connectivity index (χ2v) is 10.5. The molecule has 0 spiro atoms. The first-order valence-electron chi connectivity index (χ1n) is 12.6. The van der Waals surface area contributed by atoms with E-state index in [1.807, 2.05) is 65.0 Å². The van der Waals surface area contributed by atoms with Gasteiger partial charge in [-0.05, 0) is 105 Å². The first-order chi connectivity index (χ1) is 17.4. The molecule has 0 heterocycles. The van der Waals surface area contributed by atoms with E-state index in [4.69, 9.17) is 4.74 Å². The van der Waals surface area contributed by atoms with Crippen molar-refractivity contribution in [2.24, 2.45) is 0 Å². The molecule has 198 valence electrons. The number of rotatable bonds is 11. The summed E-state index contributed by atoms with van der Waals surface area (Å²) >= 11 is 0. The molecule has 2 atom stereocenters. The van der Waals surface area contributed by atoms with Crippen molar-refractivity contribution in [1.82, 2.24) is 5.32 Å². The first-order valence-corrected chi connectivity index (χ1v) is 12.6. The Balaban J connectivity index is 1.63. The molecule has 3 N–H and O–H groups in total. The van der Waals surface area contributed by atoms with Gasteiger partial charge in [0.25, 0.3) is 0 Å². The minimum atomic E-state index is -0.945. The molecule has 1 unspecified atom stereocenters. The van der Waals surface area contributed by atoms with E-state index in [1.54, 1.807) is 31.2 Å². The van der Waals surface area contributed by atoms with Gasteiger partial charge in [-0.2, -0.15) is 0 Å². The van der Waals surface area contributed by atoms with Crippen molar-refractivity contribution in [3.63, 3.8) is 0 Å². The van der Waals surface area contributed by atoms with Gasteiger partial charge in [0.15, 0.2) is 0 Å². The predicted octanol–water partition coefficient (Wildman–Crippen LogP) is 6.17. The highest BCUT2D eigenvalue weighted by Crippen LogP contribution is 2.35. The maximum Gasteiger partial charge on any atom is 0.335 e. The van der Waals surface area contributed by atoms with Gasteiger partial charge in [0.05, 0.1) is 24.4 Å². The van der Waals surface area contributed by atoms with Gasteiger partial charge in [-0.25, -0.2) is 9.18 Å². The van der Waals surface area contributed by atoms with Crippen LogP contribution in [0.1, 0.15) is 65.1 Å². The number of nitrogens with one attached hydrogen (secondary N) is 1. The van der Waals surface area contributed by atoms with E-state index in [-0.39, 0.29) is 29.6 Å². The minimum Gasteiger partial charge on any atom is -0.478 e. The first kappa shape index (κ1) is 28.5. The third-order valence-corrected chi connectivity index (χ3v) is 6.68. The number of ether oxygens (including phenoxy) is 1. The van der Waals surface area contributed by atoms with Gasteiger partial charge in [-0.3, -0.25) is 0 Å². The van der Waals surface area contributed by atoms with E-state index in [9.17, 15) is 19.4 Å². The van der Waals surface area contributed by atoms with Crippen LogP contribution in [-0.2, 0) is 11.2 Å². The SMILES string of the molecule is Cc1ccc(CC(C)(C)NC[C@H](O)COC(C)c2ccccc2-c2c(C)cc(C(=O)O)cc2C)cc1F. The van der Waals surface area contributed by atoms with Crippen LogP contribution in [0.3, 0.4) is 0 Å². The van der Waals surface area contributed by atoms with Crippen LogP contribution in [0.2, 0.25) is 0 Å². The number of benzene rings is 3. The van der Waals surface area contributed by atoms with E-state index in [0.29, 0.717) is 18.5 Å². The van der Waals surface area contributed by atoms with E-state index in [1.165, 1.54) is 0 Å². The Kier molecular flexibility index (Phi) is 9.24. The standard InChI is InChI=1S/C31H38FNO4/c1-19-11-12-23(15-28(19)32)16-31(5,6)33-17-25(34)18-37-22(4)26-9-7-8-10-27(26)29-20(2)13-24(30(35)36)14-21(29)3/h7-15,22,25,33-34H,16-18H2,1-6H3,(H,35,36)/t22?,25-/m0/s1. The summed E-state index contributed by atoms with van der Waals surface area (Å²) in [7, 11) is 0. The van der Waals surface area contributed by atoms with Crippen LogP contribution in [0.5, 0.6) is 0 Å². The summed E-state index contributed by atoms with van der Waals surface area (Å²) in [6.45, 7) is 12.1. The highest BCUT2D eigenvalue weighted by molar-refractivity contribution is 5.90. The molecule has 0 aliphatic carbocycles. The number of hydrogen-bond acceptors (Lipinski definition) is 4. The number of aliphatic hydroxyl groups is 1. The van der Waals surface area contributed by atoms with Crippen molar-refractivity contribution in [3.8, 4) is 11.1 Å². The lowest BCUT2D eigenvalue weighted by molar-refractivity contribution is -0.00397. The minimum absolute atomic E-state index is 0.146. The highest BCUT2D eigenvalue weighted by Gasteiger charge is 2.21. The van der Waals surface area contributed by atoms with Crippen LogP contribution >= 0.6 is 0 Å². The summed E-state index contributed by atoms with van der Waals surface area (Å²) in [5.74, 6) is -1.15. The number of aromatic carboxylic acids is 1. The molecule has 0 aromatic heterocycles. The second-order valence-electron chi connectivity index (χ2n) is 10.5. The Morgan fingerprint density at radius 2 is 1.68 bits per heavy atom. The van der Waals surface area contributed by atoms with Crippen LogP contribution in [-0.4, -0.2) is 41.0 Å². The number of aliphatic hydroxyl groups excluding tert-OH is 1. The van der Waals surface area contributed by atoms with Crippen LogP contribution < -0.4 is 5.32 Å². The molecule has 0 fully saturated rings. The molecular formula is C31H38FNO4. The molecule has 0 radical (unpaired) electrons. The fourth-order valence-corrected chi connectivity index (χ4v) is 4.71. The molecule has 0 bridgehead atoms. The summed E-state index contributed by atoms with van der Waals surface area (Å²) in [4.78, 5) is 11.4. The quantitative estimate of drug-likeness (QED) is 0.289. The van der Waals surface area contributed by atoms with Gasteiger partial charge in [-0.1, -0.05) is 36.4 Å². The van der Waals surface area contributed by atoms with Crippen molar-refractivity contribution in [1.29, 1.82) is 0 Å². The average molecular weight is 508 g/mol. The summed E-state index contributed by atoms with van der Waals surface area (Å²) in [6.07, 6.45) is -0.379. The van der Waals surface area contributed by atoms with E-state index in [2.05, 4.69) is 5.32 Å². The summed E-state index contributed by atoms with van der Waals surface area (Å²) < 4.78 is 20.0. The Bertz CT molecular complexity index is 1230. The lowest BCUT2D eigenvalue weighted by Crippen LogP contribution is -2.46. The molecule has 6 heteroatoms. The van der Waals surface area contributed by atoms with Gasteiger partial charge in [-0.15, -0.1) is 0 Å². The molecule has 3 aromatic rings. The van der Waals surface area contributed by atoms with Crippen molar-refractivity contribution < 1.29 is 24.1 Å². The lowest BCUT2D eigenvalue weighted by atomic mass is 9.89. The summed E-state index contributed by atoms with van der Waals surface area (Å²) in [5, 5.41) is 23.4. The zero-order chi connectivity index (χ0) is 27.3. The van der Waals surface area contributed by atoms with Crippen LogP contribution in [0, 0.1) is 26.6 Å². The van der Waals surface area contributed by atoms with Crippen LogP contribution in [0.4, 0.5) is 4.39 Å². The molecule has 0 saturated heterocycles. The largest absolute Gasteiger partial charge is 0.478 e. The van der Waals surface area contributed by atoms with Crippen LogP contribution in [0.25, 0.3) is 11.1 Å². The topological polar surface area (TPSA) is 78.8 Å². The molecule has 5 nitrogen and oxygen atoms in total. The molecule has 0 aliphatic heterocycles. The normalized spacial score (nSPS) is 13.4. The smallest absolute Gasteiger partial charge is 0.335 e. The maximum atomic E-state index is 13.9. The fraction of sp³-hybridized carbons (Fsp3) is 0.387. The molecule has 0 saturated carbocycles. The predicted molar refractivity (Wildman–Crippen MR) is 146 cm³/mol. The number of carboxylic acid groups (broad SMARTS) is 1. The fourth-order valence-electron chi connectivity index (χ4n) is 4.71. The Morgan fingerprint density at radius 1 is 1.03 bits per heavy atom. The highest BCUT2D eigenvalue weighted by atomic mass is 19.1. The molecule has 3 aromatic carbocycles. The number of halogens is 1. The van der Waals surface area contributed by atoms with Gasteiger partial charge < -0.3 is 20.3 Å². The number of carbonyl (C=O) groups is 1. The molecule has 37 heavy (non-hydrogen) atoms. The van der Waals surface area contributed by atoms with E-state index in [0.717, 1.165) is 33.4 Å². The van der Waals surface area contributed by atoms with Crippen molar-refractivity contribution >= 4 is 5.97 Å². The molecule has 3 rings (SSSR count). The monoisotopic (exact) mass is 507 g/mol. The Morgan fingerprint density at radius 3 is 2.30 bits per heavy atom. The van der Waals surface area contributed by atoms with Gasteiger partial charge in [0.1, 0.15) is 5.82 Å². The van der Waals surface area contributed by atoms with Gasteiger partial charge in [0, 0.05) is 12.1 Å². The third-order valence-electron chi connectivity index (χ3n) is 6.68. The number of carboxylic acids is 1. The zero-order valence-corrected chi connectivity index (χ0v) is 22.6. The zero-order valence-electron chi connectivity index (χ0n) is 22.6. The third kappa shape index (κ3) is 7.48.